The maximum atomic E-state index is 14.4. The third-order valence-corrected chi connectivity index (χ3v) is 6.54. The molecule has 2 heterocycles. The van der Waals surface area contributed by atoms with Crippen LogP contribution in [0.2, 0.25) is 0 Å². The molecular formula is C22H20F4N2O2S. The van der Waals surface area contributed by atoms with Gasteiger partial charge in [0.2, 0.25) is 0 Å². The summed E-state index contributed by atoms with van der Waals surface area (Å²) in [4.78, 5) is 17.1. The van der Waals surface area contributed by atoms with Gasteiger partial charge in [0.25, 0.3) is 5.91 Å². The fourth-order valence-corrected chi connectivity index (χ4v) is 5.00. The summed E-state index contributed by atoms with van der Waals surface area (Å²) in [6, 6.07) is 9.93. The van der Waals surface area contributed by atoms with E-state index >= 15 is 0 Å². The number of hydrogen-bond acceptors (Lipinski definition) is 4. The van der Waals surface area contributed by atoms with Crippen molar-refractivity contribution in [2.45, 2.75) is 12.8 Å². The van der Waals surface area contributed by atoms with Crippen molar-refractivity contribution >= 4 is 33.0 Å². The van der Waals surface area contributed by atoms with Gasteiger partial charge in [-0.3, -0.25) is 4.79 Å². The first-order chi connectivity index (χ1) is 14.8. The number of anilines is 1. The molecule has 3 aromatic rings. The molecule has 1 saturated heterocycles. The highest BCUT2D eigenvalue weighted by Gasteiger charge is 2.32. The number of halogens is 4. The predicted molar refractivity (Wildman–Crippen MR) is 112 cm³/mol. The van der Waals surface area contributed by atoms with Gasteiger partial charge in [-0.25, -0.2) is 4.39 Å². The smallest absolute Gasteiger partial charge is 0.380 e. The molecule has 31 heavy (non-hydrogen) atoms. The highest BCUT2D eigenvalue weighted by atomic mass is 32.1. The summed E-state index contributed by atoms with van der Waals surface area (Å²) in [6.07, 6.45) is -4.40. The first kappa shape index (κ1) is 21.6. The number of thiophene rings is 1. The number of amides is 1. The van der Waals surface area contributed by atoms with E-state index in [1.54, 1.807) is 23.1 Å². The summed E-state index contributed by atoms with van der Waals surface area (Å²) in [5, 5.41) is 0.403. The molecule has 0 bridgehead atoms. The van der Waals surface area contributed by atoms with Gasteiger partial charge in [0.1, 0.15) is 5.82 Å². The minimum absolute atomic E-state index is 0.117. The average Bonchev–Trinajstić information content (AvgIpc) is 3.13. The Balaban J connectivity index is 1.53. The SMILES string of the molecule is COCc1c(C(=O)N2CCN(c3cccc(C(F)(F)F)c3)CC2)sc2cccc(F)c12. The molecule has 0 N–H and O–H groups in total. The van der Waals surface area contributed by atoms with Crippen LogP contribution in [0.25, 0.3) is 10.1 Å². The second-order valence-corrected chi connectivity index (χ2v) is 8.34. The highest BCUT2D eigenvalue weighted by molar-refractivity contribution is 7.21. The minimum Gasteiger partial charge on any atom is -0.380 e. The molecule has 9 heteroatoms. The van der Waals surface area contributed by atoms with E-state index in [1.807, 2.05) is 4.90 Å². The molecule has 164 valence electrons. The third kappa shape index (κ3) is 4.24. The first-order valence-corrected chi connectivity index (χ1v) is 10.5. The Bertz CT molecular complexity index is 1100. The van der Waals surface area contributed by atoms with Crippen LogP contribution in [0.5, 0.6) is 0 Å². The number of ether oxygens (including phenoxy) is 1. The first-order valence-electron chi connectivity index (χ1n) is 9.70. The van der Waals surface area contributed by atoms with Crippen LogP contribution in [0.3, 0.4) is 0 Å². The fraction of sp³-hybridized carbons (Fsp3) is 0.318. The van der Waals surface area contributed by atoms with Crippen LogP contribution in [0.15, 0.2) is 42.5 Å². The molecule has 1 aromatic heterocycles. The summed E-state index contributed by atoms with van der Waals surface area (Å²) in [5.74, 6) is -0.606. The Hall–Kier alpha value is -2.65. The highest BCUT2D eigenvalue weighted by Crippen LogP contribution is 2.35. The Morgan fingerprint density at radius 1 is 1.10 bits per heavy atom. The van der Waals surface area contributed by atoms with Crippen LogP contribution in [0.1, 0.15) is 20.8 Å². The lowest BCUT2D eigenvalue weighted by atomic mass is 10.1. The number of hydrogen-bond donors (Lipinski definition) is 0. The molecule has 0 unspecified atom stereocenters. The molecule has 1 amide bonds. The lowest BCUT2D eigenvalue weighted by Crippen LogP contribution is -2.48. The van der Waals surface area contributed by atoms with Gasteiger partial charge < -0.3 is 14.5 Å². The Labute approximate surface area is 180 Å². The molecule has 1 aliphatic heterocycles. The quantitative estimate of drug-likeness (QED) is 0.512. The number of carbonyl (C=O) groups is 1. The van der Waals surface area contributed by atoms with E-state index in [4.69, 9.17) is 4.74 Å². The summed E-state index contributed by atoms with van der Waals surface area (Å²) in [7, 11) is 1.49. The summed E-state index contributed by atoms with van der Waals surface area (Å²) < 4.78 is 59.3. The molecule has 0 saturated carbocycles. The zero-order valence-corrected chi connectivity index (χ0v) is 17.5. The van der Waals surface area contributed by atoms with Crippen LogP contribution in [0.4, 0.5) is 23.2 Å². The van der Waals surface area contributed by atoms with Crippen LogP contribution >= 0.6 is 11.3 Å². The molecule has 1 aliphatic rings. The number of nitrogens with zero attached hydrogens (tertiary/aromatic N) is 2. The lowest BCUT2D eigenvalue weighted by molar-refractivity contribution is -0.137. The molecular weight excluding hydrogens is 432 g/mol. The van der Waals surface area contributed by atoms with E-state index in [1.165, 1.54) is 30.6 Å². The van der Waals surface area contributed by atoms with Crippen molar-refractivity contribution in [3.05, 3.63) is 64.3 Å². The van der Waals surface area contributed by atoms with Crippen molar-refractivity contribution in [3.63, 3.8) is 0 Å². The van der Waals surface area contributed by atoms with Crippen molar-refractivity contribution in [1.82, 2.24) is 4.90 Å². The van der Waals surface area contributed by atoms with Gasteiger partial charge in [0.15, 0.2) is 0 Å². The Morgan fingerprint density at radius 2 is 1.81 bits per heavy atom. The average molecular weight is 452 g/mol. The molecule has 0 atom stereocenters. The molecule has 0 aliphatic carbocycles. The van der Waals surface area contributed by atoms with Crippen LogP contribution in [0, 0.1) is 5.82 Å². The molecule has 0 spiro atoms. The number of carbonyl (C=O) groups excluding carboxylic acids is 1. The number of fused-ring (bicyclic) bond motifs is 1. The number of rotatable bonds is 4. The summed E-state index contributed by atoms with van der Waals surface area (Å²) in [6.45, 7) is 1.65. The topological polar surface area (TPSA) is 32.8 Å². The molecule has 1 fully saturated rings. The second-order valence-electron chi connectivity index (χ2n) is 7.28. The number of methoxy groups -OCH3 is 1. The van der Waals surface area contributed by atoms with Gasteiger partial charge in [-0.05, 0) is 30.3 Å². The van der Waals surface area contributed by atoms with Gasteiger partial charge in [-0.1, -0.05) is 12.1 Å². The van der Waals surface area contributed by atoms with Crippen LogP contribution in [-0.4, -0.2) is 44.1 Å². The van der Waals surface area contributed by atoms with Crippen molar-refractivity contribution < 1.29 is 27.1 Å². The molecule has 4 nitrogen and oxygen atoms in total. The van der Waals surface area contributed by atoms with Gasteiger partial charge in [0.05, 0.1) is 17.0 Å². The zero-order valence-electron chi connectivity index (χ0n) is 16.7. The zero-order chi connectivity index (χ0) is 22.2. The second kappa shape index (κ2) is 8.47. The largest absolute Gasteiger partial charge is 0.416 e. The van der Waals surface area contributed by atoms with Crippen molar-refractivity contribution in [2.24, 2.45) is 0 Å². The van der Waals surface area contributed by atoms with E-state index in [2.05, 4.69) is 0 Å². The maximum absolute atomic E-state index is 14.4. The standard InChI is InChI=1S/C22H20F4N2O2S/c1-30-13-16-19-17(23)6-3-7-18(19)31-20(16)21(29)28-10-8-27(9-11-28)15-5-2-4-14(12-15)22(24,25)26/h2-7,12H,8-11,13H2,1H3. The Kier molecular flexibility index (Phi) is 5.90. The molecule has 2 aromatic carbocycles. The van der Waals surface area contributed by atoms with Crippen molar-refractivity contribution in [2.75, 3.05) is 38.2 Å². The van der Waals surface area contributed by atoms with Crippen molar-refractivity contribution in [1.29, 1.82) is 0 Å². The van der Waals surface area contributed by atoms with E-state index in [-0.39, 0.29) is 12.5 Å². The van der Waals surface area contributed by atoms with E-state index < -0.39 is 17.6 Å². The van der Waals surface area contributed by atoms with Gasteiger partial charge in [-0.15, -0.1) is 11.3 Å². The van der Waals surface area contributed by atoms with Crippen LogP contribution < -0.4 is 4.90 Å². The van der Waals surface area contributed by atoms with Crippen molar-refractivity contribution in [3.8, 4) is 0 Å². The number of benzene rings is 2. The molecule has 0 radical (unpaired) electrons. The normalized spacial score (nSPS) is 15.0. The number of alkyl halides is 3. The summed E-state index contributed by atoms with van der Waals surface area (Å²) >= 11 is 1.23. The monoisotopic (exact) mass is 452 g/mol. The fourth-order valence-electron chi connectivity index (χ4n) is 3.81. The van der Waals surface area contributed by atoms with Gasteiger partial charge >= 0.3 is 6.18 Å². The molecule has 4 rings (SSSR count). The number of piperazine rings is 1. The minimum atomic E-state index is -4.40. The third-order valence-electron chi connectivity index (χ3n) is 5.35. The lowest BCUT2D eigenvalue weighted by Gasteiger charge is -2.36. The van der Waals surface area contributed by atoms with Gasteiger partial charge in [0, 0.05) is 54.6 Å². The summed E-state index contributed by atoms with van der Waals surface area (Å²) in [5.41, 5.74) is 0.317. The van der Waals surface area contributed by atoms with E-state index in [0.29, 0.717) is 52.4 Å². The van der Waals surface area contributed by atoms with E-state index in [9.17, 15) is 22.4 Å². The predicted octanol–water partition coefficient (Wildman–Crippen LogP) is 5.17. The van der Waals surface area contributed by atoms with Gasteiger partial charge in [-0.2, -0.15) is 13.2 Å². The Morgan fingerprint density at radius 3 is 2.48 bits per heavy atom. The van der Waals surface area contributed by atoms with E-state index in [0.717, 1.165) is 12.1 Å². The van der Waals surface area contributed by atoms with Crippen LogP contribution in [-0.2, 0) is 17.5 Å². The maximum Gasteiger partial charge on any atom is 0.416 e.